The van der Waals surface area contributed by atoms with Crippen molar-refractivity contribution in [3.63, 3.8) is 0 Å². The molecule has 0 radical (unpaired) electrons. The van der Waals surface area contributed by atoms with Gasteiger partial charge in [0.05, 0.1) is 12.0 Å². The van der Waals surface area contributed by atoms with Crippen molar-refractivity contribution in [1.29, 1.82) is 0 Å². The molecule has 27 heavy (non-hydrogen) atoms. The molecular formula is C17H21N7O2S. The van der Waals surface area contributed by atoms with Crippen LogP contribution in [-0.2, 0) is 16.6 Å². The SMILES string of the molecule is CC(C)Cn1cnc(S(=O)(=O)Nc2cc(C3CC3)nn2-c2ncccn2)c1. The van der Waals surface area contributed by atoms with Crippen LogP contribution in [0.5, 0.6) is 0 Å². The van der Waals surface area contributed by atoms with E-state index in [1.54, 1.807) is 29.1 Å². The van der Waals surface area contributed by atoms with Crippen molar-refractivity contribution < 1.29 is 8.42 Å². The minimum Gasteiger partial charge on any atom is -0.336 e. The highest BCUT2D eigenvalue weighted by molar-refractivity contribution is 7.92. The first-order valence-corrected chi connectivity index (χ1v) is 10.3. The van der Waals surface area contributed by atoms with Crippen LogP contribution < -0.4 is 4.72 Å². The molecule has 3 heterocycles. The molecule has 1 aliphatic rings. The first-order chi connectivity index (χ1) is 12.9. The monoisotopic (exact) mass is 387 g/mol. The second-order valence-electron chi connectivity index (χ2n) is 7.10. The largest absolute Gasteiger partial charge is 0.336 e. The highest BCUT2D eigenvalue weighted by Gasteiger charge is 2.29. The molecule has 0 aliphatic heterocycles. The van der Waals surface area contributed by atoms with Gasteiger partial charge >= 0.3 is 0 Å². The fourth-order valence-corrected chi connectivity index (χ4v) is 3.78. The van der Waals surface area contributed by atoms with Gasteiger partial charge in [-0.25, -0.2) is 15.0 Å². The van der Waals surface area contributed by atoms with Crippen LogP contribution in [-0.4, -0.2) is 37.7 Å². The fraction of sp³-hybridized carbons (Fsp3) is 0.412. The lowest BCUT2D eigenvalue weighted by molar-refractivity contribution is 0.522. The third-order valence-electron chi connectivity index (χ3n) is 4.17. The first kappa shape index (κ1) is 17.7. The summed E-state index contributed by atoms with van der Waals surface area (Å²) < 4.78 is 31.4. The topological polar surface area (TPSA) is 108 Å². The summed E-state index contributed by atoms with van der Waals surface area (Å²) in [7, 11) is -3.85. The highest BCUT2D eigenvalue weighted by Crippen LogP contribution is 2.40. The van der Waals surface area contributed by atoms with Crippen molar-refractivity contribution >= 4 is 15.8 Å². The van der Waals surface area contributed by atoms with Crippen molar-refractivity contribution in [2.24, 2.45) is 5.92 Å². The van der Waals surface area contributed by atoms with E-state index < -0.39 is 10.0 Å². The Balaban J connectivity index is 1.66. The van der Waals surface area contributed by atoms with Crippen LogP contribution in [0.15, 0.2) is 42.1 Å². The van der Waals surface area contributed by atoms with E-state index in [1.165, 1.54) is 17.2 Å². The van der Waals surface area contributed by atoms with Crippen LogP contribution in [0.2, 0.25) is 0 Å². The molecule has 0 unspecified atom stereocenters. The predicted octanol–water partition coefficient (Wildman–Crippen LogP) is 2.19. The molecule has 1 N–H and O–H groups in total. The summed E-state index contributed by atoms with van der Waals surface area (Å²) >= 11 is 0. The van der Waals surface area contributed by atoms with E-state index in [9.17, 15) is 8.42 Å². The Morgan fingerprint density at radius 1 is 1.22 bits per heavy atom. The molecule has 10 heteroatoms. The van der Waals surface area contributed by atoms with Gasteiger partial charge < -0.3 is 4.57 Å². The molecular weight excluding hydrogens is 366 g/mol. The van der Waals surface area contributed by atoms with Gasteiger partial charge in [-0.05, 0) is 24.8 Å². The molecule has 0 saturated heterocycles. The molecule has 0 amide bonds. The van der Waals surface area contributed by atoms with Crippen molar-refractivity contribution in [3.8, 4) is 5.95 Å². The van der Waals surface area contributed by atoms with Crippen LogP contribution in [0, 0.1) is 5.92 Å². The number of sulfonamides is 1. The normalized spacial score (nSPS) is 14.6. The van der Waals surface area contributed by atoms with Gasteiger partial charge in [-0.2, -0.15) is 18.2 Å². The van der Waals surface area contributed by atoms with Gasteiger partial charge in [0, 0.05) is 37.1 Å². The van der Waals surface area contributed by atoms with E-state index in [-0.39, 0.29) is 5.03 Å². The predicted molar refractivity (Wildman–Crippen MR) is 99.0 cm³/mol. The molecule has 3 aromatic rings. The third kappa shape index (κ3) is 3.85. The number of aromatic nitrogens is 6. The number of hydrogen-bond donors (Lipinski definition) is 1. The Bertz CT molecular complexity index is 1040. The van der Waals surface area contributed by atoms with Crippen LogP contribution in [0.3, 0.4) is 0 Å². The molecule has 0 atom stereocenters. The third-order valence-corrected chi connectivity index (χ3v) is 5.40. The Labute approximate surface area is 157 Å². The summed E-state index contributed by atoms with van der Waals surface area (Å²) in [5.74, 6) is 1.37. The van der Waals surface area contributed by atoms with E-state index in [0.29, 0.717) is 30.1 Å². The van der Waals surface area contributed by atoms with Crippen molar-refractivity contribution in [3.05, 3.63) is 42.7 Å². The maximum atomic E-state index is 12.8. The minimum absolute atomic E-state index is 0.0298. The Morgan fingerprint density at radius 2 is 1.96 bits per heavy atom. The molecule has 1 aliphatic carbocycles. The van der Waals surface area contributed by atoms with Gasteiger partial charge in [-0.3, -0.25) is 4.72 Å². The second-order valence-corrected chi connectivity index (χ2v) is 8.73. The van der Waals surface area contributed by atoms with Crippen molar-refractivity contribution in [1.82, 2.24) is 29.3 Å². The lowest BCUT2D eigenvalue weighted by Gasteiger charge is -2.08. The summed E-state index contributed by atoms with van der Waals surface area (Å²) in [5, 5.41) is 4.47. The standard InChI is InChI=1S/C17H21N7O2S/c1-12(2)9-23-10-16(20-11-23)27(25,26)22-15-8-14(13-4-5-13)21-24(15)17-18-6-3-7-19-17/h3,6-8,10-13,22H,4-5,9H2,1-2H3. The van der Waals surface area contributed by atoms with Gasteiger partial charge in [0.1, 0.15) is 5.82 Å². The van der Waals surface area contributed by atoms with Crippen molar-refractivity contribution in [2.45, 2.75) is 44.2 Å². The molecule has 0 spiro atoms. The van der Waals surface area contributed by atoms with Crippen LogP contribution in [0.4, 0.5) is 5.82 Å². The molecule has 9 nitrogen and oxygen atoms in total. The lowest BCUT2D eigenvalue weighted by Crippen LogP contribution is -2.17. The second kappa shape index (κ2) is 6.76. The molecule has 3 aromatic heterocycles. The zero-order valence-corrected chi connectivity index (χ0v) is 16.0. The summed E-state index contributed by atoms with van der Waals surface area (Å²) in [4.78, 5) is 12.4. The Hall–Kier alpha value is -2.75. The van der Waals surface area contributed by atoms with Gasteiger partial charge in [0.15, 0.2) is 5.03 Å². The average Bonchev–Trinajstić information content (AvgIpc) is 3.23. The minimum atomic E-state index is -3.85. The number of rotatable bonds is 7. The van der Waals surface area contributed by atoms with Gasteiger partial charge in [-0.15, -0.1) is 0 Å². The van der Waals surface area contributed by atoms with E-state index in [2.05, 4.69) is 38.6 Å². The van der Waals surface area contributed by atoms with E-state index in [0.717, 1.165) is 18.5 Å². The number of hydrogen-bond acceptors (Lipinski definition) is 6. The summed E-state index contributed by atoms with van der Waals surface area (Å²) in [6.07, 6.45) is 8.35. The number of nitrogens with zero attached hydrogens (tertiary/aromatic N) is 6. The molecule has 0 bridgehead atoms. The zero-order valence-electron chi connectivity index (χ0n) is 15.1. The maximum Gasteiger partial charge on any atom is 0.282 e. The van der Waals surface area contributed by atoms with E-state index in [1.807, 2.05) is 0 Å². The fourth-order valence-electron chi connectivity index (χ4n) is 2.79. The molecule has 142 valence electrons. The summed E-state index contributed by atoms with van der Waals surface area (Å²) in [6, 6.07) is 3.44. The van der Waals surface area contributed by atoms with E-state index >= 15 is 0 Å². The first-order valence-electron chi connectivity index (χ1n) is 8.84. The Morgan fingerprint density at radius 3 is 2.63 bits per heavy atom. The van der Waals surface area contributed by atoms with Crippen LogP contribution in [0.1, 0.15) is 38.3 Å². The molecule has 1 saturated carbocycles. The van der Waals surface area contributed by atoms with E-state index in [4.69, 9.17) is 0 Å². The van der Waals surface area contributed by atoms with Gasteiger partial charge in [0.25, 0.3) is 16.0 Å². The van der Waals surface area contributed by atoms with Crippen LogP contribution in [0.25, 0.3) is 5.95 Å². The molecule has 0 aromatic carbocycles. The maximum absolute atomic E-state index is 12.8. The molecule has 1 fully saturated rings. The average molecular weight is 387 g/mol. The number of nitrogens with one attached hydrogen (secondary N) is 1. The summed E-state index contributed by atoms with van der Waals surface area (Å²) in [6.45, 7) is 4.82. The van der Waals surface area contributed by atoms with Crippen LogP contribution >= 0.6 is 0 Å². The van der Waals surface area contributed by atoms with Gasteiger partial charge in [0.2, 0.25) is 0 Å². The molecule has 4 rings (SSSR count). The number of imidazole rings is 1. The lowest BCUT2D eigenvalue weighted by atomic mass is 10.2. The zero-order chi connectivity index (χ0) is 19.0. The number of anilines is 1. The highest BCUT2D eigenvalue weighted by atomic mass is 32.2. The smallest absolute Gasteiger partial charge is 0.282 e. The summed E-state index contributed by atoms with van der Waals surface area (Å²) in [5.41, 5.74) is 0.838. The van der Waals surface area contributed by atoms with Gasteiger partial charge in [-0.1, -0.05) is 13.8 Å². The Kier molecular flexibility index (Phi) is 4.42. The quantitative estimate of drug-likeness (QED) is 0.666. The van der Waals surface area contributed by atoms with Crippen molar-refractivity contribution in [2.75, 3.05) is 4.72 Å².